The predicted molar refractivity (Wildman–Crippen MR) is 144 cm³/mol. The summed E-state index contributed by atoms with van der Waals surface area (Å²) in [7, 11) is 0. The first-order valence-electron chi connectivity index (χ1n) is 13.4. The van der Waals surface area contributed by atoms with Crippen molar-refractivity contribution in [2.75, 3.05) is 13.1 Å². The van der Waals surface area contributed by atoms with Crippen LogP contribution in [-0.4, -0.2) is 40.5 Å². The van der Waals surface area contributed by atoms with E-state index in [4.69, 9.17) is 9.72 Å². The minimum atomic E-state index is -1.25. The van der Waals surface area contributed by atoms with E-state index in [1.807, 2.05) is 18.2 Å². The minimum Gasteiger partial charge on any atom is -0.444 e. The molecule has 0 saturated heterocycles. The molecule has 0 spiro atoms. The summed E-state index contributed by atoms with van der Waals surface area (Å²) in [5.41, 5.74) is 1.22. The largest absolute Gasteiger partial charge is 0.444 e. The molecule has 6 nitrogen and oxygen atoms in total. The van der Waals surface area contributed by atoms with E-state index in [-0.39, 0.29) is 24.5 Å². The molecule has 0 radical (unpaired) electrons. The van der Waals surface area contributed by atoms with E-state index >= 15 is 0 Å². The summed E-state index contributed by atoms with van der Waals surface area (Å²) in [5.74, 6) is 1.59. The van der Waals surface area contributed by atoms with E-state index in [1.165, 1.54) is 32.1 Å². The van der Waals surface area contributed by atoms with Gasteiger partial charge < -0.3 is 19.9 Å². The number of ether oxygens (including phenoxy) is 1. The highest BCUT2D eigenvalue weighted by atomic mass is 19.1. The summed E-state index contributed by atoms with van der Waals surface area (Å²) in [6, 6.07) is 10.1. The molecular weight excluding hydrogens is 455 g/mol. The number of nitrogens with one attached hydrogen (secondary N) is 2. The number of imidazole rings is 1. The molecule has 1 amide bonds. The van der Waals surface area contributed by atoms with Crippen molar-refractivity contribution in [1.82, 2.24) is 20.2 Å². The number of alkyl carbamates (subject to hydrolysis) is 1. The highest BCUT2D eigenvalue weighted by molar-refractivity contribution is 5.67. The number of carbonyl (C=O) groups excluding carboxylic acids is 1. The quantitative estimate of drug-likeness (QED) is 0.403. The number of halogens is 1. The fourth-order valence-electron chi connectivity index (χ4n) is 4.81. The van der Waals surface area contributed by atoms with Gasteiger partial charge in [0.25, 0.3) is 0 Å². The third-order valence-electron chi connectivity index (χ3n) is 6.59. The summed E-state index contributed by atoms with van der Waals surface area (Å²) >= 11 is 0. The lowest BCUT2D eigenvalue weighted by Crippen LogP contribution is -2.42. The second-order valence-electron chi connectivity index (χ2n) is 12.2. The number of hydrogen-bond acceptors (Lipinski definition) is 4. The molecule has 36 heavy (non-hydrogen) atoms. The highest BCUT2D eigenvalue weighted by Crippen LogP contribution is 2.35. The van der Waals surface area contributed by atoms with Gasteiger partial charge in [0.15, 0.2) is 0 Å². The van der Waals surface area contributed by atoms with Gasteiger partial charge in [-0.15, -0.1) is 0 Å². The van der Waals surface area contributed by atoms with Crippen LogP contribution in [-0.2, 0) is 11.3 Å². The molecule has 200 valence electrons. The van der Waals surface area contributed by atoms with Crippen LogP contribution in [0.4, 0.5) is 9.18 Å². The van der Waals surface area contributed by atoms with Gasteiger partial charge in [0.05, 0.1) is 18.3 Å². The maximum atomic E-state index is 14.8. The Balaban J connectivity index is 1.76. The second-order valence-corrected chi connectivity index (χ2v) is 12.2. The molecule has 0 unspecified atom stereocenters. The second kappa shape index (κ2) is 12.2. The van der Waals surface area contributed by atoms with E-state index in [0.717, 1.165) is 23.6 Å². The van der Waals surface area contributed by atoms with Crippen molar-refractivity contribution >= 4 is 6.09 Å². The van der Waals surface area contributed by atoms with Gasteiger partial charge in [0, 0.05) is 24.8 Å². The molecule has 0 bridgehead atoms. The van der Waals surface area contributed by atoms with Crippen LogP contribution in [0.3, 0.4) is 0 Å². The van der Waals surface area contributed by atoms with Gasteiger partial charge in [-0.1, -0.05) is 70.4 Å². The maximum Gasteiger partial charge on any atom is 0.407 e. The molecule has 2 aromatic rings. The van der Waals surface area contributed by atoms with Crippen LogP contribution in [0.5, 0.6) is 0 Å². The van der Waals surface area contributed by atoms with Crippen molar-refractivity contribution in [1.29, 1.82) is 0 Å². The van der Waals surface area contributed by atoms with Gasteiger partial charge in [-0.3, -0.25) is 0 Å². The number of nitrogens with zero attached hydrogens (tertiary/aromatic N) is 2. The van der Waals surface area contributed by atoms with E-state index in [2.05, 4.69) is 54.3 Å². The zero-order chi connectivity index (χ0) is 26.3. The van der Waals surface area contributed by atoms with Crippen LogP contribution in [0.1, 0.15) is 85.5 Å². The lowest BCUT2D eigenvalue weighted by molar-refractivity contribution is 0.0512. The number of alkyl halides is 1. The van der Waals surface area contributed by atoms with E-state index in [1.54, 1.807) is 20.8 Å². The van der Waals surface area contributed by atoms with Crippen molar-refractivity contribution in [3.8, 4) is 11.3 Å². The van der Waals surface area contributed by atoms with Crippen LogP contribution in [0.25, 0.3) is 11.3 Å². The monoisotopic (exact) mass is 500 g/mol. The maximum absolute atomic E-state index is 14.8. The Bertz CT molecular complexity index is 956. The summed E-state index contributed by atoms with van der Waals surface area (Å²) in [6.45, 7) is 12.7. The van der Waals surface area contributed by atoms with Crippen LogP contribution in [0, 0.1) is 11.3 Å². The van der Waals surface area contributed by atoms with E-state index < -0.39 is 17.9 Å². The fourth-order valence-corrected chi connectivity index (χ4v) is 4.81. The normalized spacial score (nSPS) is 17.0. The number of rotatable bonds is 9. The molecule has 3 rings (SSSR count). The van der Waals surface area contributed by atoms with E-state index in [9.17, 15) is 9.18 Å². The van der Waals surface area contributed by atoms with Gasteiger partial charge in [0.1, 0.15) is 17.6 Å². The number of aromatic nitrogens is 2. The molecule has 7 heteroatoms. The molecular formula is C29H45FN4O2. The fraction of sp³-hybridized carbons (Fsp3) is 0.655. The summed E-state index contributed by atoms with van der Waals surface area (Å²) in [4.78, 5) is 17.0. The van der Waals surface area contributed by atoms with Gasteiger partial charge in [0.2, 0.25) is 0 Å². The summed E-state index contributed by atoms with van der Waals surface area (Å²) < 4.78 is 22.4. The predicted octanol–water partition coefficient (Wildman–Crippen LogP) is 6.67. The summed E-state index contributed by atoms with van der Waals surface area (Å²) in [5, 5.41) is 5.98. The SMILES string of the molecule is CC(C)(C)OC(=O)NC[C@@H](F)CN[C@@H](c1nc(-c2ccccc2)cn1CC1CCCCC1)C(C)(C)C. The molecule has 1 aliphatic rings. The average Bonchev–Trinajstić information content (AvgIpc) is 3.20. The zero-order valence-electron chi connectivity index (χ0n) is 22.9. The van der Waals surface area contributed by atoms with Gasteiger partial charge in [-0.05, 0) is 44.9 Å². The first kappa shape index (κ1) is 28.2. The van der Waals surface area contributed by atoms with Crippen molar-refractivity contribution in [2.24, 2.45) is 11.3 Å². The smallest absolute Gasteiger partial charge is 0.407 e. The van der Waals surface area contributed by atoms with Gasteiger partial charge in [-0.25, -0.2) is 14.2 Å². The molecule has 2 N–H and O–H groups in total. The average molecular weight is 501 g/mol. The number of amides is 1. The first-order valence-corrected chi connectivity index (χ1v) is 13.4. The van der Waals surface area contributed by atoms with Crippen LogP contribution >= 0.6 is 0 Å². The standard InChI is InChI=1S/C29H45FN4O2/c1-28(2,3)25(31-17-23(30)18-32-27(35)36-29(4,5)6)26-33-24(22-15-11-8-12-16-22)20-34(26)19-21-13-9-7-10-14-21/h8,11-12,15-16,20-21,23,25,31H,7,9-10,13-14,17-19H2,1-6H3,(H,32,35)/t23-,25-/m0/s1. The third-order valence-corrected chi connectivity index (χ3v) is 6.59. The Kier molecular flexibility index (Phi) is 9.56. The number of hydrogen-bond donors (Lipinski definition) is 2. The Morgan fingerprint density at radius 3 is 2.36 bits per heavy atom. The zero-order valence-corrected chi connectivity index (χ0v) is 22.9. The minimum absolute atomic E-state index is 0.106. The molecule has 1 aromatic heterocycles. The lowest BCUT2D eigenvalue weighted by atomic mass is 9.85. The number of carbonyl (C=O) groups is 1. The molecule has 1 saturated carbocycles. The van der Waals surface area contributed by atoms with Crippen LogP contribution in [0.15, 0.2) is 36.5 Å². The van der Waals surface area contributed by atoms with Crippen molar-refractivity contribution in [3.63, 3.8) is 0 Å². The highest BCUT2D eigenvalue weighted by Gasteiger charge is 2.32. The molecule has 1 fully saturated rings. The molecule has 0 aliphatic heterocycles. The molecule has 1 heterocycles. The molecule has 2 atom stereocenters. The van der Waals surface area contributed by atoms with E-state index in [0.29, 0.717) is 5.92 Å². The van der Waals surface area contributed by atoms with Crippen molar-refractivity contribution < 1.29 is 13.9 Å². The van der Waals surface area contributed by atoms with Gasteiger partial charge >= 0.3 is 6.09 Å². The Labute approximate surface area is 216 Å². The lowest BCUT2D eigenvalue weighted by Gasteiger charge is -2.33. The van der Waals surface area contributed by atoms with Crippen LogP contribution in [0.2, 0.25) is 0 Å². The molecule has 1 aromatic carbocycles. The Morgan fingerprint density at radius 1 is 1.08 bits per heavy atom. The Morgan fingerprint density at radius 2 is 1.75 bits per heavy atom. The Hall–Kier alpha value is -2.41. The topological polar surface area (TPSA) is 68.2 Å². The van der Waals surface area contributed by atoms with Crippen molar-refractivity contribution in [2.45, 2.75) is 98.0 Å². The van der Waals surface area contributed by atoms with Crippen molar-refractivity contribution in [3.05, 3.63) is 42.4 Å². The van der Waals surface area contributed by atoms with Gasteiger partial charge in [-0.2, -0.15) is 0 Å². The third kappa shape index (κ3) is 8.61. The first-order chi connectivity index (χ1) is 16.9. The summed E-state index contributed by atoms with van der Waals surface area (Å²) in [6.07, 6.45) is 6.69. The molecule has 1 aliphatic carbocycles. The van der Waals surface area contributed by atoms with Crippen LogP contribution < -0.4 is 10.6 Å². The number of benzene rings is 1.